The molecule has 8 heteroatoms. The van der Waals surface area contributed by atoms with Gasteiger partial charge in [0.05, 0.1) is 7.11 Å². The summed E-state index contributed by atoms with van der Waals surface area (Å²) in [7, 11) is 1.14. The summed E-state index contributed by atoms with van der Waals surface area (Å²) in [5, 5.41) is 4.58. The number of hydrogen-bond donors (Lipinski definition) is 2. The third kappa shape index (κ3) is 5.33. The quantitative estimate of drug-likeness (QED) is 0.431. The van der Waals surface area contributed by atoms with Crippen LogP contribution in [0.25, 0.3) is 11.1 Å². The van der Waals surface area contributed by atoms with Crippen molar-refractivity contribution in [3.63, 3.8) is 0 Å². The molecule has 0 unspecified atom stereocenters. The van der Waals surface area contributed by atoms with Gasteiger partial charge in [0.25, 0.3) is 0 Å². The SMILES string of the molecule is COC(=O)[C@@H](NC(=O)OCC1c2ccccc2-c2ccccc21)NC(=O)OC(C)(C)C. The number of methoxy groups -OCH3 is 1. The number of fused-ring (bicyclic) bond motifs is 3. The number of alkyl carbamates (subject to hydrolysis) is 2. The van der Waals surface area contributed by atoms with Crippen LogP contribution in [0.4, 0.5) is 9.59 Å². The number of ether oxygens (including phenoxy) is 3. The van der Waals surface area contributed by atoms with Crippen molar-refractivity contribution in [2.75, 3.05) is 13.7 Å². The van der Waals surface area contributed by atoms with Gasteiger partial charge in [0.2, 0.25) is 6.17 Å². The van der Waals surface area contributed by atoms with Crippen molar-refractivity contribution >= 4 is 18.2 Å². The molecule has 0 saturated carbocycles. The summed E-state index contributed by atoms with van der Waals surface area (Å²) < 4.78 is 15.1. The van der Waals surface area contributed by atoms with Crippen LogP contribution in [0, 0.1) is 0 Å². The Labute approximate surface area is 180 Å². The second-order valence-corrected chi connectivity index (χ2v) is 8.07. The maximum absolute atomic E-state index is 12.4. The van der Waals surface area contributed by atoms with Gasteiger partial charge < -0.3 is 14.2 Å². The second kappa shape index (κ2) is 9.07. The average Bonchev–Trinajstić information content (AvgIpc) is 3.03. The number of rotatable bonds is 5. The monoisotopic (exact) mass is 426 g/mol. The molecule has 0 heterocycles. The average molecular weight is 426 g/mol. The zero-order chi connectivity index (χ0) is 22.6. The van der Waals surface area contributed by atoms with E-state index < -0.39 is 29.9 Å². The Hall–Kier alpha value is -3.55. The molecule has 0 radical (unpaired) electrons. The molecule has 0 spiro atoms. The first-order valence-electron chi connectivity index (χ1n) is 9.88. The molecule has 31 heavy (non-hydrogen) atoms. The fourth-order valence-corrected chi connectivity index (χ4v) is 3.46. The highest BCUT2D eigenvalue weighted by Crippen LogP contribution is 2.44. The summed E-state index contributed by atoms with van der Waals surface area (Å²) in [6, 6.07) is 15.9. The van der Waals surface area contributed by atoms with Crippen LogP contribution in [0.15, 0.2) is 48.5 Å². The minimum atomic E-state index is -1.45. The Balaban J connectivity index is 1.65. The Morgan fingerprint density at radius 1 is 0.903 bits per heavy atom. The van der Waals surface area contributed by atoms with Crippen LogP contribution in [-0.2, 0) is 19.0 Å². The highest BCUT2D eigenvalue weighted by atomic mass is 16.6. The molecule has 1 aliphatic carbocycles. The molecule has 2 amide bonds. The van der Waals surface area contributed by atoms with E-state index in [0.717, 1.165) is 29.4 Å². The van der Waals surface area contributed by atoms with E-state index in [-0.39, 0.29) is 12.5 Å². The minimum Gasteiger partial charge on any atom is -0.466 e. The lowest BCUT2D eigenvalue weighted by molar-refractivity contribution is -0.143. The number of carbonyl (C=O) groups excluding carboxylic acids is 3. The Morgan fingerprint density at radius 3 is 1.94 bits per heavy atom. The number of carbonyl (C=O) groups is 3. The maximum Gasteiger partial charge on any atom is 0.409 e. The second-order valence-electron chi connectivity index (χ2n) is 8.07. The number of nitrogens with one attached hydrogen (secondary N) is 2. The third-order valence-electron chi connectivity index (χ3n) is 4.70. The zero-order valence-corrected chi connectivity index (χ0v) is 17.9. The molecule has 0 aromatic heterocycles. The van der Waals surface area contributed by atoms with Gasteiger partial charge in [-0.05, 0) is 43.0 Å². The van der Waals surface area contributed by atoms with E-state index in [1.807, 2.05) is 48.5 Å². The van der Waals surface area contributed by atoms with Gasteiger partial charge in [-0.15, -0.1) is 0 Å². The van der Waals surface area contributed by atoms with Crippen LogP contribution in [0.2, 0.25) is 0 Å². The van der Waals surface area contributed by atoms with Crippen LogP contribution >= 0.6 is 0 Å². The fraction of sp³-hybridized carbons (Fsp3) is 0.348. The van der Waals surface area contributed by atoms with Crippen molar-refractivity contribution in [3.8, 4) is 11.1 Å². The zero-order valence-electron chi connectivity index (χ0n) is 17.9. The molecule has 3 rings (SSSR count). The van der Waals surface area contributed by atoms with Crippen molar-refractivity contribution in [2.45, 2.75) is 38.5 Å². The van der Waals surface area contributed by atoms with Crippen molar-refractivity contribution in [1.82, 2.24) is 10.6 Å². The smallest absolute Gasteiger partial charge is 0.409 e. The number of amides is 2. The molecular weight excluding hydrogens is 400 g/mol. The van der Waals surface area contributed by atoms with Crippen molar-refractivity contribution in [2.24, 2.45) is 0 Å². The first kappa shape index (κ1) is 22.1. The van der Waals surface area contributed by atoms with Crippen LogP contribution < -0.4 is 10.6 Å². The Bertz CT molecular complexity index is 937. The third-order valence-corrected chi connectivity index (χ3v) is 4.70. The van der Waals surface area contributed by atoms with Crippen LogP contribution in [0.1, 0.15) is 37.8 Å². The van der Waals surface area contributed by atoms with Gasteiger partial charge in [0, 0.05) is 5.92 Å². The Morgan fingerprint density at radius 2 is 1.42 bits per heavy atom. The van der Waals surface area contributed by atoms with Gasteiger partial charge in [-0.3, -0.25) is 10.6 Å². The van der Waals surface area contributed by atoms with E-state index in [1.54, 1.807) is 20.8 Å². The fourth-order valence-electron chi connectivity index (χ4n) is 3.46. The topological polar surface area (TPSA) is 103 Å². The van der Waals surface area contributed by atoms with Gasteiger partial charge in [0.15, 0.2) is 0 Å². The van der Waals surface area contributed by atoms with Gasteiger partial charge in [-0.1, -0.05) is 48.5 Å². The number of esters is 1. The lowest BCUT2D eigenvalue weighted by Crippen LogP contribution is -2.54. The molecule has 0 bridgehead atoms. The predicted octanol–water partition coefficient (Wildman–Crippen LogP) is 3.55. The van der Waals surface area contributed by atoms with E-state index in [0.29, 0.717) is 0 Å². The lowest BCUT2D eigenvalue weighted by Gasteiger charge is -2.23. The van der Waals surface area contributed by atoms with E-state index in [2.05, 4.69) is 15.4 Å². The highest BCUT2D eigenvalue weighted by Gasteiger charge is 2.31. The van der Waals surface area contributed by atoms with E-state index >= 15 is 0 Å². The van der Waals surface area contributed by atoms with Gasteiger partial charge in [-0.2, -0.15) is 0 Å². The van der Waals surface area contributed by atoms with Crippen LogP contribution in [-0.4, -0.2) is 43.6 Å². The van der Waals surface area contributed by atoms with E-state index in [4.69, 9.17) is 9.47 Å². The normalized spacial score (nSPS) is 13.4. The summed E-state index contributed by atoms with van der Waals surface area (Å²) in [6.45, 7) is 5.11. The standard InChI is InChI=1S/C23H26N2O6/c1-23(2,3)31-22(28)25-19(20(26)29-4)24-21(27)30-13-18-16-11-7-5-9-14(16)15-10-6-8-12-17(15)18/h5-12,18-19H,13H2,1-4H3,(H,24,27)(H,25,28)/t19-/m0/s1. The van der Waals surface area contributed by atoms with Gasteiger partial charge in [0.1, 0.15) is 12.2 Å². The van der Waals surface area contributed by atoms with Gasteiger partial charge >= 0.3 is 18.2 Å². The molecular formula is C23H26N2O6. The summed E-state index contributed by atoms with van der Waals surface area (Å²) in [5.41, 5.74) is 3.56. The largest absolute Gasteiger partial charge is 0.466 e. The minimum absolute atomic E-state index is 0.0696. The molecule has 1 aliphatic rings. The molecule has 0 fully saturated rings. The van der Waals surface area contributed by atoms with Crippen molar-refractivity contribution in [1.29, 1.82) is 0 Å². The molecule has 0 aliphatic heterocycles. The first-order valence-corrected chi connectivity index (χ1v) is 9.88. The molecule has 8 nitrogen and oxygen atoms in total. The predicted molar refractivity (Wildman–Crippen MR) is 113 cm³/mol. The van der Waals surface area contributed by atoms with E-state index in [9.17, 15) is 14.4 Å². The van der Waals surface area contributed by atoms with Crippen molar-refractivity contribution in [3.05, 3.63) is 59.7 Å². The van der Waals surface area contributed by atoms with Gasteiger partial charge in [-0.25, -0.2) is 14.4 Å². The summed E-state index contributed by atoms with van der Waals surface area (Å²) >= 11 is 0. The van der Waals surface area contributed by atoms with Crippen molar-refractivity contribution < 1.29 is 28.6 Å². The molecule has 2 aromatic rings. The lowest BCUT2D eigenvalue weighted by atomic mass is 9.98. The Kier molecular flexibility index (Phi) is 6.48. The van der Waals surface area contributed by atoms with Crippen LogP contribution in [0.5, 0.6) is 0 Å². The summed E-state index contributed by atoms with van der Waals surface area (Å²) in [4.78, 5) is 36.3. The highest BCUT2D eigenvalue weighted by molar-refractivity contribution is 5.85. The van der Waals surface area contributed by atoms with E-state index in [1.165, 1.54) is 0 Å². The first-order chi connectivity index (χ1) is 14.7. The summed E-state index contributed by atoms with van der Waals surface area (Å²) in [6.07, 6.45) is -3.19. The maximum atomic E-state index is 12.4. The molecule has 0 saturated heterocycles. The summed E-state index contributed by atoms with van der Waals surface area (Å²) in [5.74, 6) is -0.993. The number of benzene rings is 2. The number of hydrogen-bond acceptors (Lipinski definition) is 6. The molecule has 164 valence electrons. The molecule has 1 atom stereocenters. The molecule has 2 aromatic carbocycles. The molecule has 2 N–H and O–H groups in total. The van der Waals surface area contributed by atoms with Crippen LogP contribution in [0.3, 0.4) is 0 Å².